The Balaban J connectivity index is 0. The smallest absolute Gasteiger partial charge is 0.450 e. The van der Waals surface area contributed by atoms with Crippen molar-refractivity contribution < 1.29 is 23.5 Å². The second-order valence-electron chi connectivity index (χ2n) is 3.88. The number of nitrogens with one attached hydrogen (secondary N) is 1. The predicted octanol–water partition coefficient (Wildman–Crippen LogP) is 1.75. The van der Waals surface area contributed by atoms with Gasteiger partial charge in [-0.15, -0.1) is 9.42 Å². The minimum Gasteiger partial charge on any atom is -0.450 e. The predicted molar refractivity (Wildman–Crippen MR) is 74.3 cm³/mol. The Labute approximate surface area is 116 Å². The van der Waals surface area contributed by atoms with Crippen molar-refractivity contribution in [3.05, 3.63) is 0 Å². The molecule has 8 heteroatoms. The molecule has 2 N–H and O–H groups in total. The van der Waals surface area contributed by atoms with Gasteiger partial charge in [-0.05, 0) is 40.4 Å². The van der Waals surface area contributed by atoms with Crippen molar-refractivity contribution in [3.63, 3.8) is 0 Å². The number of carbonyl (C=O) groups is 1. The molecule has 0 aromatic heterocycles. The molecule has 0 bridgehead atoms. The number of amides is 1. The molecular formula is C11H26N2O5P+. The third-order valence-electron chi connectivity index (χ3n) is 1.73. The summed E-state index contributed by atoms with van der Waals surface area (Å²) in [6.45, 7) is 6.09. The van der Waals surface area contributed by atoms with Crippen LogP contribution in [-0.4, -0.2) is 56.3 Å². The summed E-state index contributed by atoms with van der Waals surface area (Å²) in [5, 5.41) is 2.68. The molecule has 0 aliphatic heterocycles. The van der Waals surface area contributed by atoms with Gasteiger partial charge in [-0.1, -0.05) is 6.92 Å². The molecule has 0 spiro atoms. The van der Waals surface area contributed by atoms with Crippen molar-refractivity contribution in [2.45, 2.75) is 26.7 Å². The Morgan fingerprint density at radius 3 is 2.37 bits per heavy atom. The lowest BCUT2D eigenvalue weighted by molar-refractivity contribution is 0.146. The summed E-state index contributed by atoms with van der Waals surface area (Å²) in [5.74, 6) is 0. The van der Waals surface area contributed by atoms with Crippen molar-refractivity contribution in [2.75, 3.05) is 40.4 Å². The van der Waals surface area contributed by atoms with Crippen LogP contribution in [0, 0.1) is 0 Å². The third-order valence-corrected chi connectivity index (χ3v) is 2.21. The molecule has 0 heterocycles. The quantitative estimate of drug-likeness (QED) is 0.524. The molecule has 0 radical (unpaired) electrons. The summed E-state index contributed by atoms with van der Waals surface area (Å²) in [4.78, 5) is 20.8. The van der Waals surface area contributed by atoms with E-state index < -0.39 is 8.25 Å². The molecule has 1 unspecified atom stereocenters. The first kappa shape index (κ1) is 20.6. The van der Waals surface area contributed by atoms with Gasteiger partial charge in [0, 0.05) is 11.1 Å². The van der Waals surface area contributed by atoms with E-state index in [0.717, 1.165) is 19.4 Å². The minimum absolute atomic E-state index is 0.297. The highest BCUT2D eigenvalue weighted by Crippen LogP contribution is 2.12. The van der Waals surface area contributed by atoms with Crippen molar-refractivity contribution in [3.8, 4) is 0 Å². The van der Waals surface area contributed by atoms with Gasteiger partial charge < -0.3 is 15.0 Å². The molecule has 0 aromatic rings. The van der Waals surface area contributed by atoms with Gasteiger partial charge in [-0.3, -0.25) is 0 Å². The van der Waals surface area contributed by atoms with Crippen LogP contribution in [0.3, 0.4) is 0 Å². The molecule has 0 aliphatic carbocycles. The Kier molecular flexibility index (Phi) is 16.6. The molecule has 7 nitrogen and oxygen atoms in total. The first-order valence-electron chi connectivity index (χ1n) is 6.28. The SMILES string of the molecule is CCCOC(=O)NCCCN(C)C.CCO[P+](=O)O. The molecule has 0 fully saturated rings. The highest BCUT2D eigenvalue weighted by Gasteiger charge is 2.06. The summed E-state index contributed by atoms with van der Waals surface area (Å²) < 4.78 is 18.5. The van der Waals surface area contributed by atoms with E-state index in [1.807, 2.05) is 21.0 Å². The van der Waals surface area contributed by atoms with Gasteiger partial charge in [0.1, 0.15) is 6.61 Å². The number of hydrogen-bond acceptors (Lipinski definition) is 5. The van der Waals surface area contributed by atoms with Crippen molar-refractivity contribution in [2.24, 2.45) is 0 Å². The Hall–Kier alpha value is -0.750. The van der Waals surface area contributed by atoms with Gasteiger partial charge in [0.05, 0.1) is 6.61 Å². The van der Waals surface area contributed by atoms with Crippen LogP contribution in [0.15, 0.2) is 0 Å². The van der Waals surface area contributed by atoms with E-state index in [4.69, 9.17) is 9.63 Å². The van der Waals surface area contributed by atoms with Gasteiger partial charge >= 0.3 is 14.3 Å². The fourth-order valence-corrected chi connectivity index (χ4v) is 1.16. The Morgan fingerprint density at radius 2 is 2.00 bits per heavy atom. The number of rotatable bonds is 8. The van der Waals surface area contributed by atoms with Gasteiger partial charge in [0.2, 0.25) is 0 Å². The van der Waals surface area contributed by atoms with E-state index in [-0.39, 0.29) is 6.09 Å². The van der Waals surface area contributed by atoms with E-state index in [9.17, 15) is 9.36 Å². The monoisotopic (exact) mass is 297 g/mol. The number of alkyl carbamates (subject to hydrolysis) is 1. The number of carbonyl (C=O) groups excluding carboxylic acids is 1. The fraction of sp³-hybridized carbons (Fsp3) is 0.909. The lowest BCUT2D eigenvalue weighted by atomic mass is 10.4. The van der Waals surface area contributed by atoms with Crippen molar-refractivity contribution >= 4 is 14.3 Å². The highest BCUT2D eigenvalue weighted by atomic mass is 31.1. The van der Waals surface area contributed by atoms with Gasteiger partial charge in [-0.2, -0.15) is 0 Å². The van der Waals surface area contributed by atoms with E-state index in [0.29, 0.717) is 19.8 Å². The zero-order chi connectivity index (χ0) is 15.1. The normalized spacial score (nSPS) is 10.5. The Morgan fingerprint density at radius 1 is 1.37 bits per heavy atom. The van der Waals surface area contributed by atoms with Gasteiger partial charge in [0.15, 0.2) is 0 Å². The van der Waals surface area contributed by atoms with Gasteiger partial charge in [-0.25, -0.2) is 4.79 Å². The minimum atomic E-state index is -2.35. The Bertz CT molecular complexity index is 239. The second kappa shape index (κ2) is 15.3. The fourth-order valence-electron chi connectivity index (χ4n) is 0.942. The average Bonchev–Trinajstić information content (AvgIpc) is 2.32. The summed E-state index contributed by atoms with van der Waals surface area (Å²) in [6.07, 6.45) is 1.51. The van der Waals surface area contributed by atoms with Crippen LogP contribution in [0.1, 0.15) is 26.7 Å². The van der Waals surface area contributed by atoms with Gasteiger partial charge in [0.25, 0.3) is 0 Å². The lowest BCUT2D eigenvalue weighted by Crippen LogP contribution is -2.27. The molecule has 0 aromatic carbocycles. The number of hydrogen-bond donors (Lipinski definition) is 2. The molecule has 0 saturated heterocycles. The number of nitrogens with zero attached hydrogens (tertiary/aromatic N) is 1. The first-order valence-corrected chi connectivity index (χ1v) is 7.41. The summed E-state index contributed by atoms with van der Waals surface area (Å²) in [7, 11) is 1.67. The van der Waals surface area contributed by atoms with Crippen LogP contribution >= 0.6 is 8.25 Å². The largest absolute Gasteiger partial charge is 0.694 e. The van der Waals surface area contributed by atoms with E-state index in [1.54, 1.807) is 6.92 Å². The second-order valence-corrected chi connectivity index (χ2v) is 4.61. The molecule has 1 atom stereocenters. The summed E-state index contributed by atoms with van der Waals surface area (Å²) in [6, 6.07) is 0. The third kappa shape index (κ3) is 22.9. The van der Waals surface area contributed by atoms with Crippen LogP contribution in [0.4, 0.5) is 4.79 Å². The standard InChI is InChI=1S/C9H20N2O2.C2H5O3P/c1-4-8-13-9(12)10-6-5-7-11(2)3;1-2-5-6(3)4/h4-8H2,1-3H3,(H,10,12);2H2,1H3/p+1. The van der Waals surface area contributed by atoms with Crippen molar-refractivity contribution in [1.29, 1.82) is 0 Å². The van der Waals surface area contributed by atoms with E-state index in [2.05, 4.69) is 14.7 Å². The maximum absolute atomic E-state index is 10.9. The van der Waals surface area contributed by atoms with Crippen LogP contribution in [0.25, 0.3) is 0 Å². The van der Waals surface area contributed by atoms with Crippen LogP contribution in [0.2, 0.25) is 0 Å². The maximum Gasteiger partial charge on any atom is 0.694 e. The van der Waals surface area contributed by atoms with Crippen LogP contribution in [-0.2, 0) is 13.8 Å². The highest BCUT2D eigenvalue weighted by molar-refractivity contribution is 7.32. The average molecular weight is 297 g/mol. The molecule has 1 amide bonds. The lowest BCUT2D eigenvalue weighted by Gasteiger charge is -2.09. The molecule has 0 saturated carbocycles. The topological polar surface area (TPSA) is 88.1 Å². The molecule has 114 valence electrons. The molecule has 19 heavy (non-hydrogen) atoms. The zero-order valence-electron chi connectivity index (χ0n) is 12.2. The zero-order valence-corrected chi connectivity index (χ0v) is 13.1. The number of ether oxygens (including phenoxy) is 1. The maximum atomic E-state index is 10.9. The molecular weight excluding hydrogens is 271 g/mol. The molecule has 0 rings (SSSR count). The summed E-state index contributed by atoms with van der Waals surface area (Å²) >= 11 is 0. The van der Waals surface area contributed by atoms with Crippen LogP contribution in [0.5, 0.6) is 0 Å². The molecule has 0 aliphatic rings. The first-order chi connectivity index (χ1) is 8.93. The van der Waals surface area contributed by atoms with E-state index in [1.165, 1.54) is 0 Å². The van der Waals surface area contributed by atoms with E-state index >= 15 is 0 Å². The summed E-state index contributed by atoms with van der Waals surface area (Å²) in [5.41, 5.74) is 0. The van der Waals surface area contributed by atoms with Crippen LogP contribution < -0.4 is 5.32 Å². The van der Waals surface area contributed by atoms with Crippen molar-refractivity contribution in [1.82, 2.24) is 10.2 Å².